The molecule has 0 spiro atoms. The summed E-state index contributed by atoms with van der Waals surface area (Å²) in [6.07, 6.45) is -0.454. The molecule has 1 aliphatic heterocycles. The summed E-state index contributed by atoms with van der Waals surface area (Å²) >= 11 is 0. The number of benzene rings is 9. The first-order chi connectivity index (χ1) is 27.2. The quantitative estimate of drug-likeness (QED) is 0.194. The fourth-order valence-electron chi connectivity index (χ4n) is 8.06. The minimum absolute atomic E-state index is 0.454. The first-order valence-electron chi connectivity index (χ1n) is 18.7. The van der Waals surface area contributed by atoms with Crippen LogP contribution in [0.1, 0.15) is 22.9 Å². The predicted molar refractivity (Wildman–Crippen MR) is 229 cm³/mol. The summed E-state index contributed by atoms with van der Waals surface area (Å²) in [5, 5.41) is 13.0. The second-order valence-electron chi connectivity index (χ2n) is 14.3. The minimum atomic E-state index is -0.454. The van der Waals surface area contributed by atoms with E-state index < -0.39 is 6.17 Å². The summed E-state index contributed by atoms with van der Waals surface area (Å²) in [4.78, 5) is 10.7. The summed E-state index contributed by atoms with van der Waals surface area (Å²) in [5.74, 6) is 1.45. The molecular weight excluding hydrogens is 671 g/mol. The van der Waals surface area contributed by atoms with Gasteiger partial charge in [-0.1, -0.05) is 146 Å². The number of aliphatic imine (C=N–C) groups is 2. The van der Waals surface area contributed by atoms with Crippen molar-refractivity contribution in [2.75, 3.05) is 0 Å². The van der Waals surface area contributed by atoms with Crippen LogP contribution in [0, 0.1) is 0 Å². The number of hydrogen-bond acceptors (Lipinski definition) is 4. The van der Waals surface area contributed by atoms with Crippen LogP contribution in [0.5, 0.6) is 0 Å². The van der Waals surface area contributed by atoms with Crippen LogP contribution < -0.4 is 5.32 Å². The highest BCUT2D eigenvalue weighted by Gasteiger charge is 2.26. The van der Waals surface area contributed by atoms with E-state index in [1.165, 1.54) is 32.7 Å². The molecule has 55 heavy (non-hydrogen) atoms. The summed E-state index contributed by atoms with van der Waals surface area (Å²) in [5.41, 5.74) is 9.22. The average molecular weight is 704 g/mol. The number of hydrogen-bond donors (Lipinski definition) is 1. The van der Waals surface area contributed by atoms with Crippen molar-refractivity contribution in [3.8, 4) is 22.3 Å². The predicted octanol–water partition coefficient (Wildman–Crippen LogP) is 12.9. The van der Waals surface area contributed by atoms with Gasteiger partial charge in [-0.25, -0.2) is 9.98 Å². The highest BCUT2D eigenvalue weighted by Crippen LogP contribution is 2.40. The summed E-state index contributed by atoms with van der Waals surface area (Å²) in [6.45, 7) is 0. The SMILES string of the molecule is c1ccc(-c2ccc3ccc(C4=NC(c5cc(-c6ccc7ccccc7c6)cc6oc7ccccc7c56)NC(c5ccc6ccccc6c5)=N4)cc3c2)cc1. The number of amidine groups is 2. The zero-order chi connectivity index (χ0) is 36.3. The first-order valence-corrected chi connectivity index (χ1v) is 18.7. The van der Waals surface area contributed by atoms with Gasteiger partial charge in [-0.05, 0) is 97.0 Å². The molecule has 1 unspecified atom stereocenters. The number of para-hydroxylation sites is 1. The van der Waals surface area contributed by atoms with Gasteiger partial charge in [0.25, 0.3) is 0 Å². The van der Waals surface area contributed by atoms with E-state index in [9.17, 15) is 0 Å². The van der Waals surface area contributed by atoms with Gasteiger partial charge >= 0.3 is 0 Å². The maximum absolute atomic E-state index is 6.59. The van der Waals surface area contributed by atoms with Crippen LogP contribution in [0.25, 0.3) is 76.5 Å². The van der Waals surface area contributed by atoms with Crippen molar-refractivity contribution >= 4 is 65.9 Å². The molecule has 10 aromatic rings. The monoisotopic (exact) mass is 703 g/mol. The van der Waals surface area contributed by atoms with Gasteiger partial charge in [-0.2, -0.15) is 0 Å². The Morgan fingerprint density at radius 3 is 1.73 bits per heavy atom. The number of nitrogens with one attached hydrogen (secondary N) is 1. The van der Waals surface area contributed by atoms with E-state index in [0.29, 0.717) is 5.84 Å². The van der Waals surface area contributed by atoms with Gasteiger partial charge < -0.3 is 9.73 Å². The number of nitrogens with zero attached hydrogens (tertiary/aromatic N) is 2. The molecule has 1 aliphatic rings. The largest absolute Gasteiger partial charge is 0.456 e. The van der Waals surface area contributed by atoms with Gasteiger partial charge in [0.05, 0.1) is 0 Å². The van der Waals surface area contributed by atoms with Gasteiger partial charge in [-0.15, -0.1) is 0 Å². The van der Waals surface area contributed by atoms with E-state index >= 15 is 0 Å². The lowest BCUT2D eigenvalue weighted by Crippen LogP contribution is -2.33. The maximum Gasteiger partial charge on any atom is 0.159 e. The van der Waals surface area contributed by atoms with Crippen molar-refractivity contribution in [3.63, 3.8) is 0 Å². The smallest absolute Gasteiger partial charge is 0.159 e. The molecule has 258 valence electrons. The average Bonchev–Trinajstić information content (AvgIpc) is 3.64. The summed E-state index contributed by atoms with van der Waals surface area (Å²) in [6, 6.07) is 66.5. The Hall–Kier alpha value is -7.30. The fraction of sp³-hybridized carbons (Fsp3) is 0.0196. The highest BCUT2D eigenvalue weighted by molar-refractivity contribution is 6.16. The fourth-order valence-corrected chi connectivity index (χ4v) is 8.06. The van der Waals surface area contributed by atoms with E-state index in [0.717, 1.165) is 66.4 Å². The Kier molecular flexibility index (Phi) is 7.20. The molecule has 9 aromatic carbocycles. The highest BCUT2D eigenvalue weighted by atomic mass is 16.3. The van der Waals surface area contributed by atoms with Crippen molar-refractivity contribution in [1.29, 1.82) is 0 Å². The zero-order valence-corrected chi connectivity index (χ0v) is 29.8. The molecule has 0 saturated carbocycles. The number of rotatable bonds is 5. The summed E-state index contributed by atoms with van der Waals surface area (Å²) < 4.78 is 6.59. The molecule has 0 aliphatic carbocycles. The third kappa shape index (κ3) is 5.55. The second-order valence-corrected chi connectivity index (χ2v) is 14.3. The van der Waals surface area contributed by atoms with Gasteiger partial charge in [0.2, 0.25) is 0 Å². The molecule has 1 atom stereocenters. The summed E-state index contributed by atoms with van der Waals surface area (Å²) in [7, 11) is 0. The van der Waals surface area contributed by atoms with Crippen molar-refractivity contribution < 1.29 is 4.42 Å². The van der Waals surface area contributed by atoms with Crippen molar-refractivity contribution in [2.24, 2.45) is 9.98 Å². The molecule has 11 rings (SSSR count). The molecule has 0 saturated heterocycles. The van der Waals surface area contributed by atoms with Crippen LogP contribution in [0.2, 0.25) is 0 Å². The van der Waals surface area contributed by atoms with Crippen molar-refractivity contribution in [1.82, 2.24) is 5.32 Å². The second kappa shape index (κ2) is 12.7. The van der Waals surface area contributed by atoms with Gasteiger partial charge in [0.1, 0.15) is 23.2 Å². The minimum Gasteiger partial charge on any atom is -0.456 e. The third-order valence-electron chi connectivity index (χ3n) is 10.9. The molecule has 1 N–H and O–H groups in total. The number of furan rings is 1. The van der Waals surface area contributed by atoms with Crippen molar-refractivity contribution in [2.45, 2.75) is 6.17 Å². The zero-order valence-electron chi connectivity index (χ0n) is 29.8. The van der Waals surface area contributed by atoms with E-state index in [2.05, 4.69) is 181 Å². The molecule has 2 heterocycles. The van der Waals surface area contributed by atoms with E-state index in [1.54, 1.807) is 0 Å². The number of fused-ring (bicyclic) bond motifs is 6. The molecule has 0 radical (unpaired) electrons. The van der Waals surface area contributed by atoms with Crippen LogP contribution in [0.3, 0.4) is 0 Å². The van der Waals surface area contributed by atoms with Gasteiger partial charge in [-0.3, -0.25) is 0 Å². The Morgan fingerprint density at radius 1 is 0.400 bits per heavy atom. The Bertz CT molecular complexity index is 3190. The lowest BCUT2D eigenvalue weighted by Gasteiger charge is -2.25. The molecule has 0 amide bonds. The third-order valence-corrected chi connectivity index (χ3v) is 10.9. The molecular formula is C51H33N3O. The van der Waals surface area contributed by atoms with Crippen LogP contribution >= 0.6 is 0 Å². The van der Waals surface area contributed by atoms with Gasteiger partial charge in [0.15, 0.2) is 5.84 Å². The molecule has 4 heteroatoms. The first kappa shape index (κ1) is 31.2. The Labute approximate surface area is 317 Å². The Morgan fingerprint density at radius 2 is 0.964 bits per heavy atom. The van der Waals surface area contributed by atoms with E-state index in [-0.39, 0.29) is 0 Å². The van der Waals surface area contributed by atoms with Crippen LogP contribution in [0.4, 0.5) is 0 Å². The van der Waals surface area contributed by atoms with Crippen LogP contribution in [0.15, 0.2) is 202 Å². The molecule has 4 nitrogen and oxygen atoms in total. The standard InChI is InChI=1S/C51H33N3O/c1-2-10-32(11-3-1)38-22-19-35-21-25-41(29-42(35)28-38)50-52-49(40-24-20-34-13-5-7-15-37(34)27-40)53-51(54-50)45-30-43(39-23-18-33-12-4-6-14-36(33)26-39)31-47-48(45)44-16-8-9-17-46(44)55-47/h1-31,51H,(H,52,53,54). The molecule has 1 aromatic heterocycles. The van der Waals surface area contributed by atoms with Crippen LogP contribution in [-0.2, 0) is 0 Å². The van der Waals surface area contributed by atoms with E-state index in [1.807, 2.05) is 12.1 Å². The molecule has 0 bridgehead atoms. The van der Waals surface area contributed by atoms with Gasteiger partial charge in [0, 0.05) is 27.5 Å². The van der Waals surface area contributed by atoms with Crippen molar-refractivity contribution in [3.05, 3.63) is 205 Å². The molecule has 0 fully saturated rings. The normalized spacial score (nSPS) is 14.4. The van der Waals surface area contributed by atoms with E-state index in [4.69, 9.17) is 14.4 Å². The Balaban J connectivity index is 1.12. The van der Waals surface area contributed by atoms with Crippen LogP contribution in [-0.4, -0.2) is 11.7 Å². The topological polar surface area (TPSA) is 49.9 Å². The maximum atomic E-state index is 6.59. The lowest BCUT2D eigenvalue weighted by atomic mass is 9.95. The lowest BCUT2D eigenvalue weighted by molar-refractivity contribution is 0.662.